The minimum absolute atomic E-state index is 0. The summed E-state index contributed by atoms with van der Waals surface area (Å²) in [5, 5.41) is 27.3. The number of hydrogen-bond donors (Lipinski definition) is 3. The predicted octanol–water partition coefficient (Wildman–Crippen LogP) is 4.01. The Morgan fingerprint density at radius 1 is 1.05 bits per heavy atom. The van der Waals surface area contributed by atoms with E-state index in [9.17, 15) is 10.2 Å². The van der Waals surface area contributed by atoms with Crippen molar-refractivity contribution in [1.29, 1.82) is 0 Å². The van der Waals surface area contributed by atoms with Gasteiger partial charge in [0, 0.05) is 13.1 Å². The molecule has 5 nitrogen and oxygen atoms in total. The number of H-pyrrole nitrogens is 1. The molecule has 0 atom stereocenters. The van der Waals surface area contributed by atoms with Gasteiger partial charge in [0.1, 0.15) is 16.5 Å². The van der Waals surface area contributed by atoms with Gasteiger partial charge in [0.15, 0.2) is 0 Å². The van der Waals surface area contributed by atoms with E-state index in [2.05, 4.69) is 15.2 Å². The van der Waals surface area contributed by atoms with Gasteiger partial charge in [-0.15, -0.1) is 11.3 Å². The number of nitrogens with zero attached hydrogens (tertiary/aromatic N) is 2. The fourth-order valence-electron chi connectivity index (χ4n) is 2.37. The van der Waals surface area contributed by atoms with Crippen LogP contribution in [0, 0.1) is 0 Å². The molecule has 0 saturated heterocycles. The normalized spacial score (nSPS) is 11.1. The summed E-state index contributed by atoms with van der Waals surface area (Å²) >= 11 is 1.57. The Kier molecular flexibility index (Phi) is 2.83. The van der Waals surface area contributed by atoms with Crippen molar-refractivity contribution in [1.82, 2.24) is 15.2 Å². The van der Waals surface area contributed by atoms with Crippen molar-refractivity contribution in [3.05, 3.63) is 48.7 Å². The highest BCUT2D eigenvalue weighted by Crippen LogP contribution is 2.39. The number of aromatic nitrogens is 3. The van der Waals surface area contributed by atoms with Gasteiger partial charge in [-0.3, -0.25) is 5.10 Å². The van der Waals surface area contributed by atoms with E-state index in [0.29, 0.717) is 11.3 Å². The highest BCUT2D eigenvalue weighted by molar-refractivity contribution is 7.21. The lowest BCUT2D eigenvalue weighted by Gasteiger charge is -2.04. The van der Waals surface area contributed by atoms with Crippen molar-refractivity contribution in [3.8, 4) is 33.3 Å². The molecule has 2 aromatic heterocycles. The van der Waals surface area contributed by atoms with Gasteiger partial charge in [-0.2, -0.15) is 5.10 Å². The van der Waals surface area contributed by atoms with Gasteiger partial charge in [0.05, 0.1) is 27.7 Å². The predicted molar refractivity (Wildman–Crippen MR) is 88.1 cm³/mol. The maximum absolute atomic E-state index is 10.0. The van der Waals surface area contributed by atoms with Gasteiger partial charge in [0.2, 0.25) is 0 Å². The molecule has 22 heavy (non-hydrogen) atoms. The van der Waals surface area contributed by atoms with Gasteiger partial charge in [-0.25, -0.2) is 4.98 Å². The number of rotatable bonds is 2. The number of phenolic OH excluding ortho intramolecular Hbond substituents is 2. The van der Waals surface area contributed by atoms with E-state index in [1.54, 1.807) is 23.6 Å². The van der Waals surface area contributed by atoms with Crippen molar-refractivity contribution in [2.75, 3.05) is 0 Å². The van der Waals surface area contributed by atoms with E-state index < -0.39 is 0 Å². The number of phenols is 2. The average molecular weight is 311 g/mol. The lowest BCUT2D eigenvalue weighted by atomic mass is 10.1. The van der Waals surface area contributed by atoms with Crippen LogP contribution in [0.3, 0.4) is 0 Å². The standard InChI is InChI=1S/C16H11N3O2S.H2/c20-9-5-6-10(13(21)7-9)15-11(8-17-19-15)16-18-12-3-1-2-4-14(12)22-16;/h1-8,20-21H,(H,17,19);1H. The van der Waals surface area contributed by atoms with Crippen molar-refractivity contribution in [2.45, 2.75) is 0 Å². The highest BCUT2D eigenvalue weighted by Gasteiger charge is 2.16. The zero-order valence-electron chi connectivity index (χ0n) is 11.3. The van der Waals surface area contributed by atoms with Crippen molar-refractivity contribution >= 4 is 21.6 Å². The van der Waals surface area contributed by atoms with Crippen LogP contribution >= 0.6 is 11.3 Å². The molecule has 0 aliphatic carbocycles. The molecule has 0 amide bonds. The number of nitrogens with one attached hydrogen (secondary N) is 1. The summed E-state index contributed by atoms with van der Waals surface area (Å²) in [5.74, 6) is 0.00825. The summed E-state index contributed by atoms with van der Waals surface area (Å²) in [5.41, 5.74) is 3.01. The molecule has 6 heteroatoms. The molecular formula is C16H13N3O2S. The molecule has 0 bridgehead atoms. The van der Waals surface area contributed by atoms with Crippen LogP contribution in [0.15, 0.2) is 48.7 Å². The zero-order chi connectivity index (χ0) is 15.1. The molecule has 0 radical (unpaired) electrons. The smallest absolute Gasteiger partial charge is 0.128 e. The Hall–Kier alpha value is -2.86. The fourth-order valence-corrected chi connectivity index (χ4v) is 3.35. The first-order chi connectivity index (χ1) is 10.7. The molecule has 0 aliphatic heterocycles. The van der Waals surface area contributed by atoms with E-state index in [0.717, 1.165) is 20.8 Å². The summed E-state index contributed by atoms with van der Waals surface area (Å²) in [6.07, 6.45) is 1.69. The maximum atomic E-state index is 10.0. The summed E-state index contributed by atoms with van der Waals surface area (Å²) < 4.78 is 1.10. The first-order valence-electron chi connectivity index (χ1n) is 6.64. The summed E-state index contributed by atoms with van der Waals surface area (Å²) in [7, 11) is 0. The molecule has 2 heterocycles. The van der Waals surface area contributed by atoms with Crippen LogP contribution in [0.1, 0.15) is 1.43 Å². The molecular weight excluding hydrogens is 298 g/mol. The van der Waals surface area contributed by atoms with Crippen LogP contribution in [0.5, 0.6) is 11.5 Å². The first-order valence-corrected chi connectivity index (χ1v) is 7.46. The summed E-state index contributed by atoms with van der Waals surface area (Å²) in [6, 6.07) is 12.4. The quantitative estimate of drug-likeness (QED) is 0.522. The molecule has 0 spiro atoms. The van der Waals surface area contributed by atoms with E-state index in [1.165, 1.54) is 12.1 Å². The average Bonchev–Trinajstić information content (AvgIpc) is 3.13. The second-order valence-corrected chi connectivity index (χ2v) is 5.88. The molecule has 0 aliphatic rings. The summed E-state index contributed by atoms with van der Waals surface area (Å²) in [6.45, 7) is 0. The molecule has 0 fully saturated rings. The molecule has 4 rings (SSSR count). The summed E-state index contributed by atoms with van der Waals surface area (Å²) in [4.78, 5) is 4.62. The van der Waals surface area contributed by atoms with E-state index in [1.807, 2.05) is 24.3 Å². The van der Waals surface area contributed by atoms with Crippen LogP contribution in [0.2, 0.25) is 0 Å². The Morgan fingerprint density at radius 3 is 2.73 bits per heavy atom. The number of hydrogen-bond acceptors (Lipinski definition) is 5. The molecule has 4 aromatic rings. The Labute approximate surface area is 131 Å². The van der Waals surface area contributed by atoms with Gasteiger partial charge in [-0.1, -0.05) is 12.1 Å². The van der Waals surface area contributed by atoms with Gasteiger partial charge < -0.3 is 10.2 Å². The van der Waals surface area contributed by atoms with Gasteiger partial charge in [0.25, 0.3) is 0 Å². The fraction of sp³-hybridized carbons (Fsp3) is 0. The molecule has 2 aromatic carbocycles. The van der Waals surface area contributed by atoms with Gasteiger partial charge >= 0.3 is 0 Å². The Morgan fingerprint density at radius 2 is 1.91 bits per heavy atom. The lowest BCUT2D eigenvalue weighted by molar-refractivity contribution is 0.452. The highest BCUT2D eigenvalue weighted by atomic mass is 32.1. The maximum Gasteiger partial charge on any atom is 0.128 e. The SMILES string of the molecule is Oc1ccc(-c2[nH]ncc2-c2nc3ccccc3s2)c(O)c1.[HH]. The number of para-hydroxylation sites is 1. The van der Waals surface area contributed by atoms with Crippen molar-refractivity contribution in [3.63, 3.8) is 0 Å². The van der Waals surface area contributed by atoms with Crippen LogP contribution in [-0.2, 0) is 0 Å². The second kappa shape index (κ2) is 4.85. The van der Waals surface area contributed by atoms with Crippen LogP contribution in [0.25, 0.3) is 32.0 Å². The molecule has 110 valence electrons. The van der Waals surface area contributed by atoms with Crippen molar-refractivity contribution in [2.24, 2.45) is 0 Å². The third-order valence-corrected chi connectivity index (χ3v) is 4.48. The first kappa shape index (κ1) is 12.8. The van der Waals surface area contributed by atoms with E-state index >= 15 is 0 Å². The number of fused-ring (bicyclic) bond motifs is 1. The third-order valence-electron chi connectivity index (χ3n) is 3.41. The van der Waals surface area contributed by atoms with Crippen LogP contribution in [0.4, 0.5) is 0 Å². The topological polar surface area (TPSA) is 82.0 Å². The number of aromatic hydroxyl groups is 2. The monoisotopic (exact) mass is 311 g/mol. The van der Waals surface area contributed by atoms with Gasteiger partial charge in [-0.05, 0) is 24.3 Å². The minimum atomic E-state index is -0.00777. The lowest BCUT2D eigenvalue weighted by Crippen LogP contribution is -1.83. The number of thiazole rings is 1. The minimum Gasteiger partial charge on any atom is -0.508 e. The molecule has 0 unspecified atom stereocenters. The third kappa shape index (κ3) is 2.01. The number of aromatic amines is 1. The largest absolute Gasteiger partial charge is 0.508 e. The van der Waals surface area contributed by atoms with E-state index in [-0.39, 0.29) is 12.9 Å². The van der Waals surface area contributed by atoms with Crippen LogP contribution < -0.4 is 0 Å². The number of benzene rings is 2. The van der Waals surface area contributed by atoms with Crippen molar-refractivity contribution < 1.29 is 11.6 Å². The zero-order valence-corrected chi connectivity index (χ0v) is 12.1. The Balaban J connectivity index is 0.00000156. The second-order valence-electron chi connectivity index (χ2n) is 4.85. The molecule has 3 N–H and O–H groups in total. The Bertz CT molecular complexity index is 947. The van der Waals surface area contributed by atoms with E-state index in [4.69, 9.17) is 0 Å². The molecule has 0 saturated carbocycles. The van der Waals surface area contributed by atoms with Crippen LogP contribution in [-0.4, -0.2) is 25.4 Å².